The van der Waals surface area contributed by atoms with Crippen LogP contribution in [0.25, 0.3) is 0 Å². The molecule has 0 aromatic carbocycles. The average molecular weight is 165 g/mol. The highest BCUT2D eigenvalue weighted by Gasteiger charge is 2.39. The topological polar surface area (TPSA) is 30.3 Å². The van der Waals surface area contributed by atoms with Crippen LogP contribution in [-0.2, 0) is 0 Å². The molecule has 2 saturated heterocycles. The summed E-state index contributed by atoms with van der Waals surface area (Å²) in [5.41, 5.74) is 0. The summed E-state index contributed by atoms with van der Waals surface area (Å²) in [6, 6.07) is 2.92. The zero-order chi connectivity index (χ0) is 8.55. The maximum atomic E-state index is 8.61. The van der Waals surface area contributed by atoms with Crippen molar-refractivity contribution in [2.75, 3.05) is 33.2 Å². The van der Waals surface area contributed by atoms with Crippen molar-refractivity contribution >= 4 is 0 Å². The van der Waals surface area contributed by atoms with Crippen molar-refractivity contribution in [1.29, 1.82) is 5.26 Å². The lowest BCUT2D eigenvalue weighted by molar-refractivity contribution is 0.260. The molecule has 0 aromatic rings. The molecule has 0 amide bonds. The van der Waals surface area contributed by atoms with Crippen LogP contribution in [0.5, 0.6) is 0 Å². The van der Waals surface area contributed by atoms with E-state index in [-0.39, 0.29) is 0 Å². The van der Waals surface area contributed by atoms with Crippen LogP contribution >= 0.6 is 0 Å². The van der Waals surface area contributed by atoms with Crippen molar-refractivity contribution in [2.45, 2.75) is 12.5 Å². The number of rotatable bonds is 1. The molecule has 66 valence electrons. The maximum absolute atomic E-state index is 8.61. The second-order valence-corrected chi connectivity index (χ2v) is 3.97. The van der Waals surface area contributed by atoms with Gasteiger partial charge in [-0.2, -0.15) is 5.26 Å². The normalized spacial score (nSPS) is 36.7. The summed E-state index contributed by atoms with van der Waals surface area (Å²) in [5, 5.41) is 8.61. The van der Waals surface area contributed by atoms with E-state index in [0.29, 0.717) is 12.6 Å². The van der Waals surface area contributed by atoms with E-state index in [1.54, 1.807) is 0 Å². The van der Waals surface area contributed by atoms with Gasteiger partial charge in [-0.15, -0.1) is 0 Å². The van der Waals surface area contributed by atoms with Gasteiger partial charge in [-0.1, -0.05) is 0 Å². The van der Waals surface area contributed by atoms with Crippen LogP contribution in [-0.4, -0.2) is 49.1 Å². The van der Waals surface area contributed by atoms with Gasteiger partial charge in [0.2, 0.25) is 0 Å². The van der Waals surface area contributed by atoms with Crippen molar-refractivity contribution < 1.29 is 0 Å². The van der Waals surface area contributed by atoms with Gasteiger partial charge in [-0.25, -0.2) is 0 Å². The molecule has 2 heterocycles. The van der Waals surface area contributed by atoms with Gasteiger partial charge in [0.1, 0.15) is 0 Å². The number of likely N-dealkylation sites (N-methyl/N-ethyl adjacent to an activating group) is 1. The molecule has 2 fully saturated rings. The fraction of sp³-hybridized carbons (Fsp3) is 0.889. The minimum absolute atomic E-state index is 0.620. The standard InChI is InChI=1S/C9H15N3/c1-11-6-8-2-4-12(5-3-10)9(8)7-11/h8-9H,2,4-7H2,1H3. The monoisotopic (exact) mass is 165 g/mol. The van der Waals surface area contributed by atoms with Gasteiger partial charge in [-0.05, 0) is 25.9 Å². The Bertz CT molecular complexity index is 208. The minimum Gasteiger partial charge on any atom is -0.304 e. The third kappa shape index (κ3) is 1.21. The Kier molecular flexibility index (Phi) is 2.03. The lowest BCUT2D eigenvalue weighted by Gasteiger charge is -2.20. The summed E-state index contributed by atoms with van der Waals surface area (Å²) in [7, 11) is 2.17. The number of hydrogen-bond acceptors (Lipinski definition) is 3. The Morgan fingerprint density at radius 2 is 2.33 bits per heavy atom. The molecule has 2 rings (SSSR count). The Hall–Kier alpha value is -0.590. The van der Waals surface area contributed by atoms with E-state index in [1.165, 1.54) is 13.0 Å². The average Bonchev–Trinajstić information content (AvgIpc) is 2.52. The quantitative estimate of drug-likeness (QED) is 0.518. The third-order valence-electron chi connectivity index (χ3n) is 3.12. The van der Waals surface area contributed by atoms with Crippen LogP contribution in [0.15, 0.2) is 0 Å². The predicted octanol–water partition coefficient (Wildman–Crippen LogP) is 0.146. The first-order chi connectivity index (χ1) is 5.81. The Labute approximate surface area is 73.6 Å². The summed E-state index contributed by atoms with van der Waals surface area (Å²) < 4.78 is 0. The largest absolute Gasteiger partial charge is 0.304 e. The second kappa shape index (κ2) is 3.04. The Morgan fingerprint density at radius 3 is 3.08 bits per heavy atom. The van der Waals surface area contributed by atoms with E-state index in [1.807, 2.05) is 0 Å². The lowest BCUT2D eigenvalue weighted by Crippen LogP contribution is -2.34. The molecular formula is C9H15N3. The Morgan fingerprint density at radius 1 is 1.50 bits per heavy atom. The van der Waals surface area contributed by atoms with Crippen molar-refractivity contribution in [2.24, 2.45) is 5.92 Å². The van der Waals surface area contributed by atoms with E-state index >= 15 is 0 Å². The van der Waals surface area contributed by atoms with Crippen LogP contribution in [0.2, 0.25) is 0 Å². The molecule has 0 spiro atoms. The van der Waals surface area contributed by atoms with E-state index < -0.39 is 0 Å². The van der Waals surface area contributed by atoms with Crippen LogP contribution in [0.3, 0.4) is 0 Å². The van der Waals surface area contributed by atoms with Crippen LogP contribution < -0.4 is 0 Å². The van der Waals surface area contributed by atoms with Crippen LogP contribution in [0, 0.1) is 17.2 Å². The Balaban J connectivity index is 1.99. The molecule has 2 unspecified atom stereocenters. The number of nitriles is 1. The first-order valence-electron chi connectivity index (χ1n) is 4.61. The molecule has 3 heteroatoms. The smallest absolute Gasteiger partial charge is 0.0868 e. The predicted molar refractivity (Wildman–Crippen MR) is 46.6 cm³/mol. The van der Waals surface area contributed by atoms with Crippen molar-refractivity contribution in [1.82, 2.24) is 9.80 Å². The van der Waals surface area contributed by atoms with Gasteiger partial charge >= 0.3 is 0 Å². The molecule has 2 atom stereocenters. The van der Waals surface area contributed by atoms with E-state index in [4.69, 9.17) is 5.26 Å². The third-order valence-corrected chi connectivity index (χ3v) is 3.12. The second-order valence-electron chi connectivity index (χ2n) is 3.97. The van der Waals surface area contributed by atoms with Crippen molar-refractivity contribution in [3.8, 4) is 6.07 Å². The summed E-state index contributed by atoms with van der Waals surface area (Å²) in [5.74, 6) is 0.836. The number of hydrogen-bond donors (Lipinski definition) is 0. The zero-order valence-corrected chi connectivity index (χ0v) is 7.53. The SMILES string of the molecule is CN1CC2CCN(CC#N)C2C1. The molecule has 0 N–H and O–H groups in total. The van der Waals surface area contributed by atoms with Gasteiger partial charge in [0, 0.05) is 19.1 Å². The first kappa shape index (κ1) is 8.03. The van der Waals surface area contributed by atoms with Crippen LogP contribution in [0.1, 0.15) is 6.42 Å². The lowest BCUT2D eigenvalue weighted by atomic mass is 10.1. The highest BCUT2D eigenvalue weighted by atomic mass is 15.3. The molecule has 12 heavy (non-hydrogen) atoms. The molecule has 0 saturated carbocycles. The molecule has 0 aromatic heterocycles. The number of nitrogens with zero attached hydrogens (tertiary/aromatic N) is 3. The van der Waals surface area contributed by atoms with Gasteiger partial charge < -0.3 is 4.90 Å². The molecule has 0 aliphatic carbocycles. The van der Waals surface area contributed by atoms with Crippen molar-refractivity contribution in [3.05, 3.63) is 0 Å². The summed E-state index contributed by atoms with van der Waals surface area (Å²) in [6.07, 6.45) is 1.29. The highest BCUT2D eigenvalue weighted by Crippen LogP contribution is 2.29. The zero-order valence-electron chi connectivity index (χ0n) is 7.53. The van der Waals surface area contributed by atoms with Gasteiger partial charge in [0.05, 0.1) is 12.6 Å². The summed E-state index contributed by atoms with van der Waals surface area (Å²) in [6.45, 7) is 4.14. The molecule has 2 aliphatic rings. The highest BCUT2D eigenvalue weighted by molar-refractivity contribution is 4.97. The summed E-state index contributed by atoms with van der Waals surface area (Å²) >= 11 is 0. The van der Waals surface area contributed by atoms with E-state index in [0.717, 1.165) is 19.0 Å². The number of fused-ring (bicyclic) bond motifs is 1. The first-order valence-corrected chi connectivity index (χ1v) is 4.61. The van der Waals surface area contributed by atoms with E-state index in [2.05, 4.69) is 22.9 Å². The van der Waals surface area contributed by atoms with Crippen molar-refractivity contribution in [3.63, 3.8) is 0 Å². The van der Waals surface area contributed by atoms with Crippen LogP contribution in [0.4, 0.5) is 0 Å². The maximum Gasteiger partial charge on any atom is 0.0868 e. The number of likely N-dealkylation sites (tertiary alicyclic amines) is 2. The van der Waals surface area contributed by atoms with E-state index in [9.17, 15) is 0 Å². The minimum atomic E-state index is 0.620. The van der Waals surface area contributed by atoms with Gasteiger partial charge in [0.15, 0.2) is 0 Å². The molecule has 0 radical (unpaired) electrons. The van der Waals surface area contributed by atoms with Gasteiger partial charge in [0.25, 0.3) is 0 Å². The molecule has 3 nitrogen and oxygen atoms in total. The summed E-state index contributed by atoms with van der Waals surface area (Å²) in [4.78, 5) is 4.70. The van der Waals surface area contributed by atoms with Gasteiger partial charge in [-0.3, -0.25) is 4.90 Å². The molecule has 0 bridgehead atoms. The fourth-order valence-corrected chi connectivity index (χ4v) is 2.55. The fourth-order valence-electron chi connectivity index (χ4n) is 2.55. The molecule has 2 aliphatic heterocycles. The molecular weight excluding hydrogens is 150 g/mol.